The van der Waals surface area contributed by atoms with Crippen LogP contribution in [0.3, 0.4) is 0 Å². The van der Waals surface area contributed by atoms with E-state index in [0.717, 1.165) is 31.4 Å². The molecule has 0 aromatic heterocycles. The van der Waals surface area contributed by atoms with Gasteiger partial charge >= 0.3 is 0 Å². The molecule has 3 heteroatoms. The van der Waals surface area contributed by atoms with Crippen LogP contribution in [0.2, 0.25) is 0 Å². The highest BCUT2D eigenvalue weighted by Gasteiger charge is 2.13. The number of aryl methyl sites for hydroxylation is 2. The van der Waals surface area contributed by atoms with Gasteiger partial charge in [0.25, 0.3) is 0 Å². The summed E-state index contributed by atoms with van der Waals surface area (Å²) in [5.41, 5.74) is 2.64. The van der Waals surface area contributed by atoms with Gasteiger partial charge in [-0.2, -0.15) is 0 Å². The van der Waals surface area contributed by atoms with Gasteiger partial charge < -0.3 is 10.1 Å². The first kappa shape index (κ1) is 14.3. The number of nitrogens with one attached hydrogen (secondary N) is 1. The maximum atomic E-state index is 5.85. The lowest BCUT2D eigenvalue weighted by Crippen LogP contribution is -2.30. The van der Waals surface area contributed by atoms with Crippen molar-refractivity contribution < 1.29 is 4.74 Å². The van der Waals surface area contributed by atoms with E-state index in [9.17, 15) is 0 Å². The van der Waals surface area contributed by atoms with Crippen molar-refractivity contribution in [2.24, 2.45) is 5.92 Å². The predicted octanol–water partition coefficient (Wildman–Crippen LogP) is 3.10. The van der Waals surface area contributed by atoms with E-state index in [1.165, 1.54) is 24.0 Å². The fraction of sp³-hybridized carbons (Fsp3) is 0.571. The lowest BCUT2D eigenvalue weighted by Gasteiger charge is -2.22. The van der Waals surface area contributed by atoms with E-state index in [0.29, 0.717) is 0 Å². The number of rotatable bonds is 3. The molecule has 1 saturated heterocycles. The number of hydrogen-bond donors (Lipinski definition) is 1. The molecule has 0 amide bonds. The molecule has 2 nitrogen and oxygen atoms in total. The van der Waals surface area contributed by atoms with Crippen LogP contribution in [-0.2, 0) is 0 Å². The highest BCUT2D eigenvalue weighted by Crippen LogP contribution is 2.19. The monoisotopic (exact) mass is 255 g/mol. The highest BCUT2D eigenvalue weighted by atomic mass is 35.5. The summed E-state index contributed by atoms with van der Waals surface area (Å²) in [7, 11) is 0. The molecule has 0 saturated carbocycles. The first-order valence-corrected chi connectivity index (χ1v) is 6.16. The Morgan fingerprint density at radius 2 is 1.88 bits per heavy atom. The molecule has 1 aromatic rings. The molecule has 0 aliphatic carbocycles. The summed E-state index contributed by atoms with van der Waals surface area (Å²) in [5.74, 6) is 1.74. The molecule has 0 bridgehead atoms. The molecule has 1 aromatic carbocycles. The van der Waals surface area contributed by atoms with Crippen molar-refractivity contribution in [1.82, 2.24) is 5.32 Å². The summed E-state index contributed by atoms with van der Waals surface area (Å²) in [5, 5.41) is 3.37. The molecule has 1 N–H and O–H groups in total. The number of benzene rings is 1. The van der Waals surface area contributed by atoms with Crippen molar-refractivity contribution in [3.63, 3.8) is 0 Å². The summed E-state index contributed by atoms with van der Waals surface area (Å²) in [4.78, 5) is 0. The summed E-state index contributed by atoms with van der Waals surface area (Å²) in [6.07, 6.45) is 2.48. The van der Waals surface area contributed by atoms with Gasteiger partial charge in [-0.15, -0.1) is 12.4 Å². The molecule has 0 spiro atoms. The molecule has 0 radical (unpaired) electrons. The van der Waals surface area contributed by atoms with E-state index in [-0.39, 0.29) is 12.4 Å². The van der Waals surface area contributed by atoms with Crippen LogP contribution in [0.1, 0.15) is 24.0 Å². The fourth-order valence-electron chi connectivity index (χ4n) is 2.07. The summed E-state index contributed by atoms with van der Waals surface area (Å²) in [6, 6.07) is 6.34. The van der Waals surface area contributed by atoms with Gasteiger partial charge in [0.1, 0.15) is 5.75 Å². The van der Waals surface area contributed by atoms with Crippen molar-refractivity contribution in [1.29, 1.82) is 0 Å². The number of halogens is 1. The van der Waals surface area contributed by atoms with Gasteiger partial charge in [-0.05, 0) is 69.0 Å². The van der Waals surface area contributed by atoms with Crippen LogP contribution < -0.4 is 10.1 Å². The molecule has 1 fully saturated rings. The van der Waals surface area contributed by atoms with E-state index in [2.05, 4.69) is 37.4 Å². The molecule has 96 valence electrons. The summed E-state index contributed by atoms with van der Waals surface area (Å²) >= 11 is 0. The van der Waals surface area contributed by atoms with E-state index in [4.69, 9.17) is 4.74 Å². The Labute approximate surface area is 110 Å². The van der Waals surface area contributed by atoms with Gasteiger partial charge in [-0.25, -0.2) is 0 Å². The van der Waals surface area contributed by atoms with E-state index in [1.54, 1.807) is 0 Å². The maximum Gasteiger partial charge on any atom is 0.119 e. The van der Waals surface area contributed by atoms with Crippen molar-refractivity contribution in [3.8, 4) is 5.75 Å². The van der Waals surface area contributed by atoms with Crippen molar-refractivity contribution >= 4 is 12.4 Å². The second-order valence-electron chi connectivity index (χ2n) is 4.75. The highest BCUT2D eigenvalue weighted by molar-refractivity contribution is 5.85. The van der Waals surface area contributed by atoms with Crippen LogP contribution in [0.25, 0.3) is 0 Å². The summed E-state index contributed by atoms with van der Waals surface area (Å²) in [6.45, 7) is 7.41. The maximum absolute atomic E-state index is 5.85. The zero-order valence-electron chi connectivity index (χ0n) is 10.7. The minimum atomic E-state index is 0. The average Bonchev–Trinajstić information content (AvgIpc) is 2.32. The molecule has 0 unspecified atom stereocenters. The van der Waals surface area contributed by atoms with Crippen LogP contribution in [-0.4, -0.2) is 19.7 Å². The Kier molecular flexibility index (Phi) is 5.79. The Morgan fingerprint density at radius 3 is 2.53 bits per heavy atom. The van der Waals surface area contributed by atoms with Crippen molar-refractivity contribution in [3.05, 3.63) is 29.3 Å². The molecule has 2 rings (SSSR count). The lowest BCUT2D eigenvalue weighted by molar-refractivity contribution is 0.215. The Balaban J connectivity index is 0.00000144. The van der Waals surface area contributed by atoms with Gasteiger partial charge in [0.05, 0.1) is 6.61 Å². The molecule has 17 heavy (non-hydrogen) atoms. The third-order valence-electron chi connectivity index (χ3n) is 3.42. The SMILES string of the molecule is Cc1ccc(OCC2CCNCC2)cc1C.Cl. The Bertz CT molecular complexity index is 348. The van der Waals surface area contributed by atoms with Crippen LogP contribution in [0, 0.1) is 19.8 Å². The van der Waals surface area contributed by atoms with Crippen molar-refractivity contribution in [2.75, 3.05) is 19.7 Å². The zero-order valence-corrected chi connectivity index (χ0v) is 11.5. The van der Waals surface area contributed by atoms with Crippen LogP contribution in [0.15, 0.2) is 18.2 Å². The topological polar surface area (TPSA) is 21.3 Å². The first-order chi connectivity index (χ1) is 7.75. The van der Waals surface area contributed by atoms with Crippen molar-refractivity contribution in [2.45, 2.75) is 26.7 Å². The van der Waals surface area contributed by atoms with Crippen LogP contribution >= 0.6 is 12.4 Å². The van der Waals surface area contributed by atoms with Gasteiger partial charge in [0, 0.05) is 0 Å². The quantitative estimate of drug-likeness (QED) is 0.896. The standard InChI is InChI=1S/C14H21NO.ClH/c1-11-3-4-14(9-12(11)2)16-10-13-5-7-15-8-6-13;/h3-4,9,13,15H,5-8,10H2,1-2H3;1H. The smallest absolute Gasteiger partial charge is 0.119 e. The molecular formula is C14H22ClNO. The van der Waals surface area contributed by atoms with Gasteiger partial charge in [0.2, 0.25) is 0 Å². The second-order valence-corrected chi connectivity index (χ2v) is 4.75. The zero-order chi connectivity index (χ0) is 11.4. The number of ether oxygens (including phenoxy) is 1. The van der Waals surface area contributed by atoms with Crippen LogP contribution in [0.4, 0.5) is 0 Å². The third-order valence-corrected chi connectivity index (χ3v) is 3.42. The predicted molar refractivity (Wildman–Crippen MR) is 74.3 cm³/mol. The lowest BCUT2D eigenvalue weighted by atomic mass is 9.99. The van der Waals surface area contributed by atoms with Gasteiger partial charge in [0.15, 0.2) is 0 Å². The minimum absolute atomic E-state index is 0. The fourth-order valence-corrected chi connectivity index (χ4v) is 2.07. The average molecular weight is 256 g/mol. The molecular weight excluding hydrogens is 234 g/mol. The number of hydrogen-bond acceptors (Lipinski definition) is 2. The Morgan fingerprint density at radius 1 is 1.18 bits per heavy atom. The van der Waals surface area contributed by atoms with Gasteiger partial charge in [-0.1, -0.05) is 6.07 Å². The summed E-state index contributed by atoms with van der Waals surface area (Å²) < 4.78 is 5.85. The Hall–Kier alpha value is -0.730. The minimum Gasteiger partial charge on any atom is -0.493 e. The molecule has 1 heterocycles. The van der Waals surface area contributed by atoms with E-state index >= 15 is 0 Å². The first-order valence-electron chi connectivity index (χ1n) is 6.16. The third kappa shape index (κ3) is 4.21. The second kappa shape index (κ2) is 6.87. The van der Waals surface area contributed by atoms with E-state index in [1.807, 2.05) is 0 Å². The van der Waals surface area contributed by atoms with Crippen LogP contribution in [0.5, 0.6) is 5.75 Å². The molecule has 0 atom stereocenters. The van der Waals surface area contributed by atoms with Gasteiger partial charge in [-0.3, -0.25) is 0 Å². The molecule has 1 aliphatic rings. The largest absolute Gasteiger partial charge is 0.493 e. The molecule has 1 aliphatic heterocycles. The normalized spacial score (nSPS) is 16.4. The van der Waals surface area contributed by atoms with E-state index < -0.39 is 0 Å². The number of piperidine rings is 1.